The second-order valence-electron chi connectivity index (χ2n) is 6.61. The number of ether oxygens (including phenoxy) is 1. The average Bonchev–Trinajstić information content (AvgIpc) is 3.22. The molecule has 0 unspecified atom stereocenters. The number of amides is 2. The van der Waals surface area contributed by atoms with Crippen LogP contribution in [-0.4, -0.2) is 47.8 Å². The van der Waals surface area contributed by atoms with E-state index in [1.54, 1.807) is 16.8 Å². The van der Waals surface area contributed by atoms with E-state index in [1.807, 2.05) is 54.6 Å². The van der Waals surface area contributed by atoms with E-state index in [2.05, 4.69) is 6.58 Å². The molecule has 0 radical (unpaired) electrons. The van der Waals surface area contributed by atoms with Crippen LogP contribution in [0, 0.1) is 0 Å². The van der Waals surface area contributed by atoms with Crippen molar-refractivity contribution in [1.82, 2.24) is 9.80 Å². The van der Waals surface area contributed by atoms with Crippen LogP contribution in [0.15, 0.2) is 67.3 Å². The zero-order chi connectivity index (χ0) is 19.2. The maximum atomic E-state index is 13.1. The van der Waals surface area contributed by atoms with Gasteiger partial charge in [0.1, 0.15) is 12.4 Å². The van der Waals surface area contributed by atoms with Gasteiger partial charge in [0.2, 0.25) is 5.91 Å². The van der Waals surface area contributed by atoms with Crippen molar-refractivity contribution in [2.45, 2.75) is 19.1 Å². The number of likely N-dealkylation sites (tertiary alicyclic amines) is 1. The normalized spacial score (nSPS) is 16.0. The Labute approximate surface area is 159 Å². The van der Waals surface area contributed by atoms with Gasteiger partial charge in [0, 0.05) is 31.3 Å². The van der Waals surface area contributed by atoms with Gasteiger partial charge in [-0.05, 0) is 30.7 Å². The molecule has 2 amide bonds. The van der Waals surface area contributed by atoms with E-state index in [4.69, 9.17) is 4.74 Å². The monoisotopic (exact) mass is 364 g/mol. The van der Waals surface area contributed by atoms with Crippen LogP contribution in [0.5, 0.6) is 5.75 Å². The van der Waals surface area contributed by atoms with Crippen molar-refractivity contribution in [3.63, 3.8) is 0 Å². The second kappa shape index (κ2) is 8.54. The summed E-state index contributed by atoms with van der Waals surface area (Å²) in [4.78, 5) is 28.3. The van der Waals surface area contributed by atoms with Crippen LogP contribution < -0.4 is 4.74 Å². The molecule has 5 heteroatoms. The first-order chi connectivity index (χ1) is 13.1. The first-order valence-corrected chi connectivity index (χ1v) is 9.04. The molecule has 2 aromatic rings. The Morgan fingerprint density at radius 1 is 1.19 bits per heavy atom. The van der Waals surface area contributed by atoms with E-state index < -0.39 is 0 Å². The summed E-state index contributed by atoms with van der Waals surface area (Å²) in [5.41, 5.74) is 1.47. The highest BCUT2D eigenvalue weighted by Crippen LogP contribution is 2.20. The van der Waals surface area contributed by atoms with Crippen LogP contribution in [0.25, 0.3) is 0 Å². The van der Waals surface area contributed by atoms with Crippen LogP contribution in [0.3, 0.4) is 0 Å². The quantitative estimate of drug-likeness (QED) is 0.740. The van der Waals surface area contributed by atoms with Gasteiger partial charge in [0.25, 0.3) is 5.91 Å². The largest absolute Gasteiger partial charge is 0.489 e. The van der Waals surface area contributed by atoms with Crippen molar-refractivity contribution < 1.29 is 14.3 Å². The van der Waals surface area contributed by atoms with E-state index in [1.165, 1.54) is 6.08 Å². The number of benzene rings is 2. The number of para-hydroxylation sites is 1. The molecule has 27 heavy (non-hydrogen) atoms. The van der Waals surface area contributed by atoms with Crippen molar-refractivity contribution in [3.05, 3.63) is 78.4 Å². The zero-order valence-electron chi connectivity index (χ0n) is 15.5. The molecule has 1 fully saturated rings. The zero-order valence-corrected chi connectivity index (χ0v) is 15.5. The molecule has 0 aliphatic carbocycles. The molecule has 140 valence electrons. The van der Waals surface area contributed by atoms with Crippen LogP contribution in [-0.2, 0) is 11.4 Å². The Bertz CT molecular complexity index is 819. The summed E-state index contributed by atoms with van der Waals surface area (Å²) in [6, 6.07) is 17.0. The average molecular weight is 364 g/mol. The standard InChI is InChI=1S/C22H24N2O3/c1-3-21(25)24-14-13-18(15-24)23(2)22(26)20-12-8-7-9-17(20)16-27-19-10-5-4-6-11-19/h3-12,18H,1,13-16H2,2H3/t18-/m0/s1. The van der Waals surface area contributed by atoms with Crippen molar-refractivity contribution in [2.24, 2.45) is 0 Å². The first kappa shape index (κ1) is 18.7. The van der Waals surface area contributed by atoms with E-state index in [-0.39, 0.29) is 17.9 Å². The second-order valence-corrected chi connectivity index (χ2v) is 6.61. The molecule has 2 aromatic carbocycles. The molecule has 1 aliphatic heterocycles. The topological polar surface area (TPSA) is 49.9 Å². The Morgan fingerprint density at radius 2 is 1.89 bits per heavy atom. The van der Waals surface area contributed by atoms with Crippen LogP contribution in [0.2, 0.25) is 0 Å². The summed E-state index contributed by atoms with van der Waals surface area (Å²) in [5.74, 6) is 0.623. The van der Waals surface area contributed by atoms with E-state index in [9.17, 15) is 9.59 Å². The van der Waals surface area contributed by atoms with Crippen molar-refractivity contribution in [2.75, 3.05) is 20.1 Å². The minimum atomic E-state index is -0.0880. The van der Waals surface area contributed by atoms with Gasteiger partial charge in [-0.1, -0.05) is 43.0 Å². The number of rotatable bonds is 6. The van der Waals surface area contributed by atoms with Gasteiger partial charge in [-0.25, -0.2) is 0 Å². The molecule has 1 heterocycles. The molecule has 0 aromatic heterocycles. The van der Waals surface area contributed by atoms with Gasteiger partial charge in [0.15, 0.2) is 0 Å². The summed E-state index contributed by atoms with van der Waals surface area (Å²) in [6.45, 7) is 5.04. The van der Waals surface area contributed by atoms with Gasteiger partial charge in [-0.2, -0.15) is 0 Å². The summed E-state index contributed by atoms with van der Waals surface area (Å²) >= 11 is 0. The number of likely N-dealkylation sites (N-methyl/N-ethyl adjacent to an activating group) is 1. The lowest BCUT2D eigenvalue weighted by molar-refractivity contribution is -0.125. The number of hydrogen-bond donors (Lipinski definition) is 0. The molecule has 0 N–H and O–H groups in total. The Balaban J connectivity index is 1.69. The molecule has 3 rings (SSSR count). The summed E-state index contributed by atoms with van der Waals surface area (Å²) in [6.07, 6.45) is 2.09. The highest BCUT2D eigenvalue weighted by atomic mass is 16.5. The van der Waals surface area contributed by atoms with Crippen molar-refractivity contribution >= 4 is 11.8 Å². The number of carbonyl (C=O) groups is 2. The van der Waals surface area contributed by atoms with Gasteiger partial charge < -0.3 is 14.5 Å². The Hall–Kier alpha value is -3.08. The molecule has 0 saturated carbocycles. The number of hydrogen-bond acceptors (Lipinski definition) is 3. The van der Waals surface area contributed by atoms with Crippen LogP contribution in [0.4, 0.5) is 0 Å². The van der Waals surface area contributed by atoms with Crippen molar-refractivity contribution in [3.8, 4) is 5.75 Å². The lowest BCUT2D eigenvalue weighted by Gasteiger charge is -2.25. The molecular weight excluding hydrogens is 340 g/mol. The van der Waals surface area contributed by atoms with E-state index >= 15 is 0 Å². The van der Waals surface area contributed by atoms with Gasteiger partial charge >= 0.3 is 0 Å². The fourth-order valence-corrected chi connectivity index (χ4v) is 3.28. The lowest BCUT2D eigenvalue weighted by Crippen LogP contribution is -2.40. The molecule has 5 nitrogen and oxygen atoms in total. The molecule has 0 bridgehead atoms. The van der Waals surface area contributed by atoms with Gasteiger partial charge in [-0.3, -0.25) is 9.59 Å². The van der Waals surface area contributed by atoms with Gasteiger partial charge in [-0.15, -0.1) is 0 Å². The third kappa shape index (κ3) is 4.37. The lowest BCUT2D eigenvalue weighted by atomic mass is 10.1. The maximum absolute atomic E-state index is 13.1. The third-order valence-corrected chi connectivity index (χ3v) is 4.90. The highest BCUT2D eigenvalue weighted by Gasteiger charge is 2.31. The summed E-state index contributed by atoms with van der Waals surface area (Å²) < 4.78 is 5.82. The predicted molar refractivity (Wildman–Crippen MR) is 104 cm³/mol. The van der Waals surface area contributed by atoms with Crippen LogP contribution in [0.1, 0.15) is 22.3 Å². The molecule has 1 aliphatic rings. The summed E-state index contributed by atoms with van der Waals surface area (Å²) in [5, 5.41) is 0. The molecule has 0 spiro atoms. The van der Waals surface area contributed by atoms with Crippen molar-refractivity contribution in [1.29, 1.82) is 0 Å². The van der Waals surface area contributed by atoms with E-state index in [0.29, 0.717) is 25.3 Å². The molecular formula is C22H24N2O3. The minimum Gasteiger partial charge on any atom is -0.489 e. The minimum absolute atomic E-state index is 0.00416. The SMILES string of the molecule is C=CC(=O)N1CC[C@H](N(C)C(=O)c2ccccc2COc2ccccc2)C1. The molecule has 1 atom stereocenters. The third-order valence-electron chi connectivity index (χ3n) is 4.90. The fraction of sp³-hybridized carbons (Fsp3) is 0.273. The maximum Gasteiger partial charge on any atom is 0.254 e. The Morgan fingerprint density at radius 3 is 2.63 bits per heavy atom. The smallest absolute Gasteiger partial charge is 0.254 e. The molecule has 1 saturated heterocycles. The van der Waals surface area contributed by atoms with Gasteiger partial charge in [0.05, 0.1) is 6.04 Å². The number of nitrogens with zero attached hydrogens (tertiary/aromatic N) is 2. The first-order valence-electron chi connectivity index (χ1n) is 9.04. The fourth-order valence-electron chi connectivity index (χ4n) is 3.28. The van der Waals surface area contributed by atoms with E-state index in [0.717, 1.165) is 17.7 Å². The Kier molecular flexibility index (Phi) is 5.91. The summed E-state index contributed by atoms with van der Waals surface area (Å²) in [7, 11) is 1.80. The highest BCUT2D eigenvalue weighted by molar-refractivity contribution is 5.96. The number of carbonyl (C=O) groups excluding carboxylic acids is 2. The van der Waals surface area contributed by atoms with Crippen LogP contribution >= 0.6 is 0 Å². The predicted octanol–water partition coefficient (Wildman–Crippen LogP) is 3.12.